The van der Waals surface area contributed by atoms with E-state index in [4.69, 9.17) is 16.3 Å². The largest absolute Gasteiger partial charge is 0.504 e. The summed E-state index contributed by atoms with van der Waals surface area (Å²) in [7, 11) is 1.48. The Balaban J connectivity index is 1.73. The highest BCUT2D eigenvalue weighted by Crippen LogP contribution is 2.32. The Morgan fingerprint density at radius 1 is 1.21 bits per heavy atom. The number of rotatable bonds is 6. The van der Waals surface area contributed by atoms with Gasteiger partial charge in [-0.25, -0.2) is 4.79 Å². The third-order valence-corrected chi connectivity index (χ3v) is 4.69. The van der Waals surface area contributed by atoms with Crippen LogP contribution in [-0.4, -0.2) is 35.1 Å². The number of urea groups is 1. The van der Waals surface area contributed by atoms with Gasteiger partial charge in [0, 0.05) is 25.2 Å². The predicted octanol–water partition coefficient (Wildman–Crippen LogP) is 4.21. The molecule has 0 atom stereocenters. The molecule has 3 rings (SSSR count). The monoisotopic (exact) mass is 403 g/mol. The number of anilines is 2. The molecule has 0 spiro atoms. The van der Waals surface area contributed by atoms with Crippen molar-refractivity contribution >= 4 is 34.9 Å². The summed E-state index contributed by atoms with van der Waals surface area (Å²) >= 11 is 6.25. The third kappa shape index (κ3) is 4.86. The van der Waals surface area contributed by atoms with E-state index in [-0.39, 0.29) is 23.7 Å². The summed E-state index contributed by atoms with van der Waals surface area (Å²) in [5.74, 6) is 0.224. The van der Waals surface area contributed by atoms with Crippen molar-refractivity contribution in [3.05, 3.63) is 47.0 Å². The van der Waals surface area contributed by atoms with Gasteiger partial charge in [0.15, 0.2) is 11.5 Å². The molecule has 3 amide bonds. The average molecular weight is 404 g/mol. The number of amides is 3. The van der Waals surface area contributed by atoms with E-state index in [1.54, 1.807) is 41.3 Å². The molecule has 0 heterocycles. The maximum Gasteiger partial charge on any atom is 0.322 e. The molecule has 0 saturated heterocycles. The average Bonchev–Trinajstić information content (AvgIpc) is 3.47. The lowest BCUT2D eigenvalue weighted by Crippen LogP contribution is -2.36. The maximum absolute atomic E-state index is 12.8. The van der Waals surface area contributed by atoms with Crippen molar-refractivity contribution in [3.8, 4) is 11.5 Å². The van der Waals surface area contributed by atoms with Crippen molar-refractivity contribution in [1.29, 1.82) is 0 Å². The van der Waals surface area contributed by atoms with Crippen LogP contribution in [0.3, 0.4) is 0 Å². The Morgan fingerprint density at radius 3 is 2.57 bits per heavy atom. The Morgan fingerprint density at radius 2 is 1.96 bits per heavy atom. The summed E-state index contributed by atoms with van der Waals surface area (Å²) in [6.07, 6.45) is 1.88. The molecule has 0 aliphatic heterocycles. The van der Waals surface area contributed by atoms with Crippen LogP contribution in [0.15, 0.2) is 36.4 Å². The highest BCUT2D eigenvalue weighted by Gasteiger charge is 2.33. The molecule has 1 fully saturated rings. The van der Waals surface area contributed by atoms with Crippen molar-refractivity contribution in [2.45, 2.75) is 32.4 Å². The first kappa shape index (κ1) is 19.8. The molecule has 3 N–H and O–H groups in total. The van der Waals surface area contributed by atoms with Gasteiger partial charge in [0.2, 0.25) is 5.91 Å². The quantitative estimate of drug-likeness (QED) is 0.673. The summed E-state index contributed by atoms with van der Waals surface area (Å²) in [5, 5.41) is 15.6. The molecule has 1 saturated carbocycles. The van der Waals surface area contributed by atoms with Gasteiger partial charge in [-0.05, 0) is 48.7 Å². The first-order chi connectivity index (χ1) is 13.4. The minimum Gasteiger partial charge on any atom is -0.504 e. The molecule has 0 unspecified atom stereocenters. The number of phenols is 1. The van der Waals surface area contributed by atoms with Crippen LogP contribution in [0.1, 0.15) is 25.3 Å². The van der Waals surface area contributed by atoms with Crippen LogP contribution >= 0.6 is 11.6 Å². The number of nitrogens with one attached hydrogen (secondary N) is 2. The second-order valence-corrected chi connectivity index (χ2v) is 7.08. The molecule has 1 aliphatic rings. The number of benzene rings is 2. The summed E-state index contributed by atoms with van der Waals surface area (Å²) in [6.45, 7) is 1.80. The number of phenolic OH excluding ortho intramolecular Hbond substituents is 1. The molecule has 0 radical (unpaired) electrons. The number of hydrogen-bond donors (Lipinski definition) is 3. The lowest BCUT2D eigenvalue weighted by atomic mass is 10.2. The standard InChI is InChI=1S/C20H22ClN3O4/c1-12(25)22-14-4-7-17(16(21)10-14)23-20(27)24(15-5-6-15)11-13-3-8-18(26)19(9-13)28-2/h3-4,7-10,15,26H,5-6,11H2,1-2H3,(H,22,25)(H,23,27). The van der Waals surface area contributed by atoms with Crippen LogP contribution in [0.2, 0.25) is 5.02 Å². The highest BCUT2D eigenvalue weighted by molar-refractivity contribution is 6.34. The zero-order valence-electron chi connectivity index (χ0n) is 15.7. The Bertz CT molecular complexity index is 899. The molecular formula is C20H22ClN3O4. The number of nitrogens with zero attached hydrogens (tertiary/aromatic N) is 1. The van der Waals surface area contributed by atoms with Crippen molar-refractivity contribution in [2.75, 3.05) is 17.7 Å². The Labute approximate surface area is 168 Å². The summed E-state index contributed by atoms with van der Waals surface area (Å²) in [4.78, 5) is 25.7. The minimum atomic E-state index is -0.260. The van der Waals surface area contributed by atoms with E-state index < -0.39 is 0 Å². The van der Waals surface area contributed by atoms with Crippen LogP contribution in [-0.2, 0) is 11.3 Å². The summed E-state index contributed by atoms with van der Waals surface area (Å²) < 4.78 is 5.14. The lowest BCUT2D eigenvalue weighted by molar-refractivity contribution is -0.114. The number of aromatic hydroxyl groups is 1. The van der Waals surface area contributed by atoms with Gasteiger partial charge in [0.05, 0.1) is 17.8 Å². The van der Waals surface area contributed by atoms with Crippen LogP contribution in [0.25, 0.3) is 0 Å². The Kier molecular flexibility index (Phi) is 5.94. The van der Waals surface area contributed by atoms with E-state index in [0.29, 0.717) is 28.7 Å². The fourth-order valence-electron chi connectivity index (χ4n) is 2.85. The lowest BCUT2D eigenvalue weighted by Gasteiger charge is -2.23. The van der Waals surface area contributed by atoms with Gasteiger partial charge in [-0.3, -0.25) is 4.79 Å². The van der Waals surface area contributed by atoms with E-state index in [0.717, 1.165) is 18.4 Å². The molecule has 148 valence electrons. The second-order valence-electron chi connectivity index (χ2n) is 6.67. The molecule has 2 aromatic rings. The molecule has 2 aromatic carbocycles. The molecule has 7 nitrogen and oxygen atoms in total. The van der Waals surface area contributed by atoms with E-state index in [1.807, 2.05) is 0 Å². The third-order valence-electron chi connectivity index (χ3n) is 4.38. The number of carbonyl (C=O) groups excluding carboxylic acids is 2. The fraction of sp³-hybridized carbons (Fsp3) is 0.300. The number of ether oxygens (including phenoxy) is 1. The molecule has 0 bridgehead atoms. The second kappa shape index (κ2) is 8.39. The van der Waals surface area contributed by atoms with Gasteiger partial charge in [-0.15, -0.1) is 0 Å². The van der Waals surface area contributed by atoms with Gasteiger partial charge in [0.1, 0.15) is 0 Å². The van der Waals surface area contributed by atoms with Gasteiger partial charge in [0.25, 0.3) is 0 Å². The number of hydrogen-bond acceptors (Lipinski definition) is 4. The topological polar surface area (TPSA) is 90.9 Å². The zero-order valence-corrected chi connectivity index (χ0v) is 16.4. The number of methoxy groups -OCH3 is 1. The van der Waals surface area contributed by atoms with Gasteiger partial charge in [-0.1, -0.05) is 17.7 Å². The minimum absolute atomic E-state index is 0.0553. The first-order valence-corrected chi connectivity index (χ1v) is 9.26. The molecule has 1 aliphatic carbocycles. The normalized spacial score (nSPS) is 13.0. The smallest absolute Gasteiger partial charge is 0.322 e. The van der Waals surface area contributed by atoms with E-state index in [9.17, 15) is 14.7 Å². The van der Waals surface area contributed by atoms with E-state index >= 15 is 0 Å². The number of halogens is 1. The molecular weight excluding hydrogens is 382 g/mol. The SMILES string of the molecule is COc1cc(CN(C(=O)Nc2ccc(NC(C)=O)cc2Cl)C2CC2)ccc1O. The first-order valence-electron chi connectivity index (χ1n) is 8.88. The van der Waals surface area contributed by atoms with Crippen molar-refractivity contribution < 1.29 is 19.4 Å². The van der Waals surface area contributed by atoms with Crippen LogP contribution in [0.4, 0.5) is 16.2 Å². The van der Waals surface area contributed by atoms with E-state index in [1.165, 1.54) is 14.0 Å². The van der Waals surface area contributed by atoms with Crippen molar-refractivity contribution in [1.82, 2.24) is 4.90 Å². The van der Waals surface area contributed by atoms with Crippen molar-refractivity contribution in [3.63, 3.8) is 0 Å². The number of carbonyl (C=O) groups is 2. The van der Waals surface area contributed by atoms with Crippen LogP contribution in [0.5, 0.6) is 11.5 Å². The maximum atomic E-state index is 12.8. The fourth-order valence-corrected chi connectivity index (χ4v) is 3.08. The zero-order chi connectivity index (χ0) is 20.3. The summed E-state index contributed by atoms with van der Waals surface area (Å²) in [6, 6.07) is 9.85. The van der Waals surface area contributed by atoms with Gasteiger partial charge < -0.3 is 25.4 Å². The molecule has 0 aromatic heterocycles. The van der Waals surface area contributed by atoms with Gasteiger partial charge >= 0.3 is 6.03 Å². The molecule has 8 heteroatoms. The predicted molar refractivity (Wildman–Crippen MR) is 108 cm³/mol. The summed E-state index contributed by atoms with van der Waals surface area (Å²) in [5.41, 5.74) is 1.88. The van der Waals surface area contributed by atoms with E-state index in [2.05, 4.69) is 10.6 Å². The molecule has 28 heavy (non-hydrogen) atoms. The van der Waals surface area contributed by atoms with Crippen molar-refractivity contribution in [2.24, 2.45) is 0 Å². The van der Waals surface area contributed by atoms with Gasteiger partial charge in [-0.2, -0.15) is 0 Å². The van der Waals surface area contributed by atoms with Crippen LogP contribution in [0, 0.1) is 0 Å². The highest BCUT2D eigenvalue weighted by atomic mass is 35.5. The Hall–Kier alpha value is -2.93. The van der Waals surface area contributed by atoms with Crippen LogP contribution < -0.4 is 15.4 Å².